The highest BCUT2D eigenvalue weighted by molar-refractivity contribution is 6.03. The second kappa shape index (κ2) is 8.14. The van der Waals surface area contributed by atoms with Gasteiger partial charge in [-0.25, -0.2) is 0 Å². The number of aromatic nitrogens is 2. The molecule has 5 nitrogen and oxygen atoms in total. The monoisotopic (exact) mass is 367 g/mol. The molecule has 1 heterocycles. The van der Waals surface area contributed by atoms with Crippen molar-refractivity contribution < 1.29 is 9.53 Å². The molecule has 0 spiro atoms. The Morgan fingerprint density at radius 2 is 1.39 bits per heavy atom. The van der Waals surface area contributed by atoms with E-state index in [1.807, 2.05) is 72.8 Å². The van der Waals surface area contributed by atoms with Crippen molar-refractivity contribution in [3.05, 3.63) is 103 Å². The Labute approximate surface area is 162 Å². The van der Waals surface area contributed by atoms with Crippen molar-refractivity contribution >= 4 is 11.6 Å². The fourth-order valence-electron chi connectivity index (χ4n) is 2.68. The summed E-state index contributed by atoms with van der Waals surface area (Å²) in [5, 5.41) is 11.1. The molecule has 4 aromatic rings. The number of para-hydroxylation sites is 3. The number of benzene rings is 3. The number of carbonyl (C=O) groups is 1. The molecule has 28 heavy (non-hydrogen) atoms. The summed E-state index contributed by atoms with van der Waals surface area (Å²) < 4.78 is 5.87. The van der Waals surface area contributed by atoms with Crippen LogP contribution in [0.4, 0.5) is 5.69 Å². The summed E-state index contributed by atoms with van der Waals surface area (Å²) in [6.07, 6.45) is 0. The summed E-state index contributed by atoms with van der Waals surface area (Å²) in [5.74, 6) is 0.892. The lowest BCUT2D eigenvalue weighted by molar-refractivity contribution is 0.102. The van der Waals surface area contributed by atoms with Gasteiger partial charge in [-0.1, -0.05) is 60.7 Å². The number of hydrogen-bond donors (Lipinski definition) is 1. The third-order valence-electron chi connectivity index (χ3n) is 4.07. The van der Waals surface area contributed by atoms with Gasteiger partial charge in [-0.05, 0) is 36.4 Å². The van der Waals surface area contributed by atoms with Crippen molar-refractivity contribution in [2.75, 3.05) is 5.32 Å². The molecule has 0 bridgehead atoms. The first-order valence-electron chi connectivity index (χ1n) is 8.82. The third-order valence-corrected chi connectivity index (χ3v) is 4.07. The molecule has 0 atom stereocenters. The molecule has 0 fully saturated rings. The Balaban J connectivity index is 1.51. The Hall–Kier alpha value is -3.99. The van der Waals surface area contributed by atoms with Crippen molar-refractivity contribution in [3.63, 3.8) is 0 Å². The van der Waals surface area contributed by atoms with Crippen LogP contribution in [-0.4, -0.2) is 16.1 Å². The van der Waals surface area contributed by atoms with Gasteiger partial charge in [-0.15, -0.1) is 10.2 Å². The Morgan fingerprint density at radius 3 is 2.11 bits per heavy atom. The number of anilines is 1. The molecule has 0 unspecified atom stereocenters. The Bertz CT molecular complexity index is 1070. The van der Waals surface area contributed by atoms with Gasteiger partial charge in [-0.3, -0.25) is 4.79 Å². The average Bonchev–Trinajstić information content (AvgIpc) is 2.76. The molecule has 0 aliphatic heterocycles. The van der Waals surface area contributed by atoms with Crippen molar-refractivity contribution in [2.45, 2.75) is 0 Å². The molecule has 0 aliphatic rings. The molecule has 1 amide bonds. The normalized spacial score (nSPS) is 10.3. The molecular weight excluding hydrogens is 350 g/mol. The van der Waals surface area contributed by atoms with Gasteiger partial charge in [0, 0.05) is 5.56 Å². The van der Waals surface area contributed by atoms with Crippen LogP contribution in [-0.2, 0) is 0 Å². The lowest BCUT2D eigenvalue weighted by Gasteiger charge is -2.12. The zero-order chi connectivity index (χ0) is 19.2. The number of ether oxygens (including phenoxy) is 1. The first kappa shape index (κ1) is 17.4. The lowest BCUT2D eigenvalue weighted by atomic mass is 10.1. The Kier molecular flexibility index (Phi) is 5.06. The number of nitrogens with one attached hydrogen (secondary N) is 1. The third kappa shape index (κ3) is 4.04. The molecule has 0 saturated carbocycles. The van der Waals surface area contributed by atoms with Crippen LogP contribution in [0.5, 0.6) is 11.5 Å². The number of carbonyl (C=O) groups excluding carboxylic acids is 1. The lowest BCUT2D eigenvalue weighted by Crippen LogP contribution is -2.15. The number of nitrogens with zero attached hydrogens (tertiary/aromatic N) is 2. The predicted octanol–water partition coefficient (Wildman–Crippen LogP) is 5.19. The van der Waals surface area contributed by atoms with Crippen LogP contribution in [0.2, 0.25) is 0 Å². The summed E-state index contributed by atoms with van der Waals surface area (Å²) in [6, 6.07) is 29.8. The van der Waals surface area contributed by atoms with Gasteiger partial charge in [0.25, 0.3) is 5.91 Å². The quantitative estimate of drug-likeness (QED) is 0.527. The maximum absolute atomic E-state index is 12.6. The zero-order valence-corrected chi connectivity index (χ0v) is 14.9. The number of hydrogen-bond acceptors (Lipinski definition) is 4. The minimum absolute atomic E-state index is 0.231. The van der Waals surface area contributed by atoms with E-state index in [-0.39, 0.29) is 11.6 Å². The van der Waals surface area contributed by atoms with Gasteiger partial charge in [0.05, 0.1) is 11.4 Å². The first-order chi connectivity index (χ1) is 13.8. The van der Waals surface area contributed by atoms with Crippen LogP contribution < -0.4 is 10.1 Å². The molecule has 1 aromatic heterocycles. The smallest absolute Gasteiger partial charge is 0.276 e. The molecule has 136 valence electrons. The van der Waals surface area contributed by atoms with Gasteiger partial charge in [-0.2, -0.15) is 0 Å². The molecule has 4 rings (SSSR count). The summed E-state index contributed by atoms with van der Waals surface area (Å²) in [5.41, 5.74) is 2.45. The van der Waals surface area contributed by atoms with Gasteiger partial charge in [0.15, 0.2) is 11.4 Å². The topological polar surface area (TPSA) is 64.1 Å². The van der Waals surface area contributed by atoms with E-state index >= 15 is 0 Å². The van der Waals surface area contributed by atoms with Crippen LogP contribution in [0.3, 0.4) is 0 Å². The predicted molar refractivity (Wildman–Crippen MR) is 108 cm³/mol. The van der Waals surface area contributed by atoms with Crippen LogP contribution in [0.25, 0.3) is 11.3 Å². The molecule has 3 aromatic carbocycles. The van der Waals surface area contributed by atoms with Gasteiger partial charge < -0.3 is 10.1 Å². The molecule has 0 aliphatic carbocycles. The Morgan fingerprint density at radius 1 is 0.714 bits per heavy atom. The summed E-state index contributed by atoms with van der Waals surface area (Å²) >= 11 is 0. The molecule has 5 heteroatoms. The number of amides is 1. The average molecular weight is 367 g/mol. The van der Waals surface area contributed by atoms with E-state index in [9.17, 15) is 4.79 Å². The fourth-order valence-corrected chi connectivity index (χ4v) is 2.68. The summed E-state index contributed by atoms with van der Waals surface area (Å²) in [7, 11) is 0. The van der Waals surface area contributed by atoms with E-state index in [4.69, 9.17) is 4.74 Å². The van der Waals surface area contributed by atoms with E-state index in [1.165, 1.54) is 0 Å². The van der Waals surface area contributed by atoms with Crippen LogP contribution in [0.15, 0.2) is 97.1 Å². The highest BCUT2D eigenvalue weighted by Crippen LogP contribution is 2.29. The second-order valence-corrected chi connectivity index (χ2v) is 6.04. The van der Waals surface area contributed by atoms with E-state index in [2.05, 4.69) is 15.5 Å². The van der Waals surface area contributed by atoms with Crippen molar-refractivity contribution in [1.82, 2.24) is 10.2 Å². The molecule has 1 N–H and O–H groups in total. The van der Waals surface area contributed by atoms with Gasteiger partial charge >= 0.3 is 0 Å². The standard InChI is InChI=1S/C23H17N3O2/c27-23(21-16-15-19(25-26-21)17-9-3-1-4-10-17)24-20-13-7-8-14-22(20)28-18-11-5-2-6-12-18/h1-16H,(H,24,27). The minimum atomic E-state index is -0.351. The van der Waals surface area contributed by atoms with Gasteiger partial charge in [0.2, 0.25) is 0 Å². The second-order valence-electron chi connectivity index (χ2n) is 6.04. The highest BCUT2D eigenvalue weighted by atomic mass is 16.5. The van der Waals surface area contributed by atoms with E-state index in [0.717, 1.165) is 5.56 Å². The van der Waals surface area contributed by atoms with Crippen LogP contribution in [0, 0.1) is 0 Å². The van der Waals surface area contributed by atoms with Crippen molar-refractivity contribution in [2.24, 2.45) is 0 Å². The first-order valence-corrected chi connectivity index (χ1v) is 8.82. The zero-order valence-electron chi connectivity index (χ0n) is 14.9. The summed E-state index contributed by atoms with van der Waals surface area (Å²) in [4.78, 5) is 12.6. The highest BCUT2D eigenvalue weighted by Gasteiger charge is 2.12. The van der Waals surface area contributed by atoms with E-state index in [1.54, 1.807) is 24.3 Å². The van der Waals surface area contributed by atoms with Crippen LogP contribution in [0.1, 0.15) is 10.5 Å². The maximum Gasteiger partial charge on any atom is 0.276 e. The van der Waals surface area contributed by atoms with Crippen molar-refractivity contribution in [1.29, 1.82) is 0 Å². The van der Waals surface area contributed by atoms with Crippen molar-refractivity contribution in [3.8, 4) is 22.8 Å². The molecule has 0 radical (unpaired) electrons. The van der Waals surface area contributed by atoms with Crippen LogP contribution >= 0.6 is 0 Å². The summed E-state index contributed by atoms with van der Waals surface area (Å²) in [6.45, 7) is 0. The molecule has 0 saturated heterocycles. The van der Waals surface area contributed by atoms with Gasteiger partial charge in [0.1, 0.15) is 5.75 Å². The number of rotatable bonds is 5. The fraction of sp³-hybridized carbons (Fsp3) is 0. The largest absolute Gasteiger partial charge is 0.455 e. The van der Waals surface area contributed by atoms with E-state index in [0.29, 0.717) is 22.9 Å². The SMILES string of the molecule is O=C(Nc1ccccc1Oc1ccccc1)c1ccc(-c2ccccc2)nn1. The maximum atomic E-state index is 12.6. The molecular formula is C23H17N3O2. The minimum Gasteiger partial charge on any atom is -0.455 e. The van der Waals surface area contributed by atoms with E-state index < -0.39 is 0 Å².